The Morgan fingerprint density at radius 3 is 2.30 bits per heavy atom. The summed E-state index contributed by atoms with van der Waals surface area (Å²) in [7, 11) is 4.72. The number of carbonyl (C=O) groups excluding carboxylic acids is 1. The number of amides is 1. The summed E-state index contributed by atoms with van der Waals surface area (Å²) in [6.07, 6.45) is 1.48. The first-order valence-corrected chi connectivity index (χ1v) is 9.80. The molecule has 9 heteroatoms. The minimum atomic E-state index is -0.231. The number of ether oxygens (including phenoxy) is 3. The Hall–Kier alpha value is -4.04. The van der Waals surface area contributed by atoms with Gasteiger partial charge < -0.3 is 24.8 Å². The second kappa shape index (κ2) is 10.5. The zero-order valence-corrected chi connectivity index (χ0v) is 19.1. The molecule has 0 unspecified atom stereocenters. The number of hydrogen-bond acceptors (Lipinski definition) is 7. The van der Waals surface area contributed by atoms with Gasteiger partial charge in [-0.15, -0.1) is 12.4 Å². The Morgan fingerprint density at radius 2 is 1.55 bits per heavy atom. The molecule has 0 atom stereocenters. The summed E-state index contributed by atoms with van der Waals surface area (Å²) in [6, 6.07) is 18.0. The molecule has 2 N–H and O–H groups in total. The van der Waals surface area contributed by atoms with Crippen molar-refractivity contribution in [1.82, 2.24) is 9.97 Å². The number of hydrogen-bond donors (Lipinski definition) is 2. The fourth-order valence-electron chi connectivity index (χ4n) is 3.26. The van der Waals surface area contributed by atoms with Crippen molar-refractivity contribution in [2.24, 2.45) is 0 Å². The molecule has 0 fully saturated rings. The van der Waals surface area contributed by atoms with Gasteiger partial charge in [0.1, 0.15) is 17.9 Å². The molecule has 170 valence electrons. The van der Waals surface area contributed by atoms with E-state index in [9.17, 15) is 4.79 Å². The number of halogens is 1. The maximum Gasteiger partial charge on any atom is 0.255 e. The van der Waals surface area contributed by atoms with Gasteiger partial charge in [0.25, 0.3) is 5.91 Å². The number of methoxy groups -OCH3 is 3. The lowest BCUT2D eigenvalue weighted by atomic mass is 10.2. The van der Waals surface area contributed by atoms with Crippen LogP contribution in [0.5, 0.6) is 17.2 Å². The Balaban J connectivity index is 0.00000306. The maximum atomic E-state index is 12.6. The second-order valence-corrected chi connectivity index (χ2v) is 6.84. The minimum Gasteiger partial charge on any atom is -0.497 e. The van der Waals surface area contributed by atoms with Crippen LogP contribution in [0.25, 0.3) is 10.9 Å². The Labute approximate surface area is 197 Å². The summed E-state index contributed by atoms with van der Waals surface area (Å²) in [6.45, 7) is 0. The maximum absolute atomic E-state index is 12.6. The highest BCUT2D eigenvalue weighted by atomic mass is 35.5. The van der Waals surface area contributed by atoms with Crippen molar-refractivity contribution in [2.75, 3.05) is 32.0 Å². The van der Waals surface area contributed by atoms with Gasteiger partial charge in [-0.2, -0.15) is 0 Å². The van der Waals surface area contributed by atoms with Crippen molar-refractivity contribution < 1.29 is 19.0 Å². The van der Waals surface area contributed by atoms with E-state index in [1.165, 1.54) is 6.33 Å². The third kappa shape index (κ3) is 5.24. The van der Waals surface area contributed by atoms with Gasteiger partial charge in [0.05, 0.1) is 26.8 Å². The summed E-state index contributed by atoms with van der Waals surface area (Å²) < 4.78 is 15.9. The quantitative estimate of drug-likeness (QED) is 0.392. The average Bonchev–Trinajstić information content (AvgIpc) is 2.83. The molecule has 0 aliphatic carbocycles. The van der Waals surface area contributed by atoms with E-state index < -0.39 is 0 Å². The lowest BCUT2D eigenvalue weighted by Crippen LogP contribution is -2.12. The van der Waals surface area contributed by atoms with E-state index in [0.29, 0.717) is 39.8 Å². The first-order valence-electron chi connectivity index (χ1n) is 9.80. The van der Waals surface area contributed by atoms with Gasteiger partial charge in [-0.05, 0) is 42.5 Å². The van der Waals surface area contributed by atoms with Crippen LogP contribution >= 0.6 is 12.4 Å². The van der Waals surface area contributed by atoms with Crippen molar-refractivity contribution in [1.29, 1.82) is 0 Å². The van der Waals surface area contributed by atoms with E-state index in [-0.39, 0.29) is 18.3 Å². The molecule has 0 bridgehead atoms. The molecule has 1 aromatic heterocycles. The smallest absolute Gasteiger partial charge is 0.255 e. The first kappa shape index (κ1) is 23.6. The molecule has 0 saturated heterocycles. The van der Waals surface area contributed by atoms with Crippen LogP contribution in [0.1, 0.15) is 10.4 Å². The average molecular weight is 467 g/mol. The number of rotatable bonds is 7. The van der Waals surface area contributed by atoms with E-state index in [0.717, 1.165) is 11.1 Å². The molecule has 4 aromatic rings. The number of benzene rings is 3. The van der Waals surface area contributed by atoms with Gasteiger partial charge in [-0.3, -0.25) is 4.79 Å². The van der Waals surface area contributed by atoms with Crippen LogP contribution in [-0.2, 0) is 0 Å². The standard InChI is InChI=1S/C24H22N4O4.ClH/c1-30-18-9-4-6-15(10-18)24(29)28-17-8-5-7-16(11-17)27-23-19-12-21(31-2)22(32-3)13-20(19)25-14-26-23;/h4-14H,1-3H3,(H,28,29)(H,25,26,27);1H. The van der Waals surface area contributed by atoms with E-state index in [1.54, 1.807) is 51.7 Å². The number of carbonyl (C=O) groups is 1. The number of nitrogens with zero attached hydrogens (tertiary/aromatic N) is 2. The molecular weight excluding hydrogens is 444 g/mol. The highest BCUT2D eigenvalue weighted by Gasteiger charge is 2.12. The van der Waals surface area contributed by atoms with Crippen LogP contribution < -0.4 is 24.8 Å². The predicted octanol–water partition coefficient (Wildman–Crippen LogP) is 5.07. The molecular formula is C24H23ClN4O4. The molecule has 1 amide bonds. The Bertz CT molecular complexity index is 1280. The van der Waals surface area contributed by atoms with Gasteiger partial charge in [-0.25, -0.2) is 9.97 Å². The summed E-state index contributed by atoms with van der Waals surface area (Å²) >= 11 is 0. The third-order valence-corrected chi connectivity index (χ3v) is 4.86. The van der Waals surface area contributed by atoms with Crippen molar-refractivity contribution in [2.45, 2.75) is 0 Å². The number of anilines is 3. The lowest BCUT2D eigenvalue weighted by molar-refractivity contribution is 0.102. The molecule has 0 spiro atoms. The van der Waals surface area contributed by atoms with Crippen LogP contribution in [0.3, 0.4) is 0 Å². The van der Waals surface area contributed by atoms with E-state index >= 15 is 0 Å². The molecule has 0 saturated carbocycles. The van der Waals surface area contributed by atoms with Crippen molar-refractivity contribution in [3.63, 3.8) is 0 Å². The second-order valence-electron chi connectivity index (χ2n) is 6.84. The lowest BCUT2D eigenvalue weighted by Gasteiger charge is -2.13. The summed E-state index contributed by atoms with van der Waals surface area (Å²) in [5.41, 5.74) is 2.61. The van der Waals surface area contributed by atoms with E-state index in [1.807, 2.05) is 30.3 Å². The number of nitrogens with one attached hydrogen (secondary N) is 2. The van der Waals surface area contributed by atoms with E-state index in [4.69, 9.17) is 14.2 Å². The van der Waals surface area contributed by atoms with Crippen molar-refractivity contribution in [3.8, 4) is 17.2 Å². The minimum absolute atomic E-state index is 0. The molecule has 8 nitrogen and oxygen atoms in total. The molecule has 4 rings (SSSR count). The van der Waals surface area contributed by atoms with Crippen LogP contribution in [0.15, 0.2) is 67.0 Å². The molecule has 0 aliphatic rings. The zero-order valence-electron chi connectivity index (χ0n) is 18.3. The fraction of sp³-hybridized carbons (Fsp3) is 0.125. The molecule has 3 aromatic carbocycles. The molecule has 0 aliphatic heterocycles. The van der Waals surface area contributed by atoms with Crippen molar-refractivity contribution in [3.05, 3.63) is 72.6 Å². The van der Waals surface area contributed by atoms with E-state index in [2.05, 4.69) is 20.6 Å². The highest BCUT2D eigenvalue weighted by Crippen LogP contribution is 2.34. The fourth-order valence-corrected chi connectivity index (χ4v) is 3.26. The van der Waals surface area contributed by atoms with Crippen LogP contribution in [-0.4, -0.2) is 37.2 Å². The summed E-state index contributed by atoms with van der Waals surface area (Å²) in [5, 5.41) is 6.97. The Kier molecular flexibility index (Phi) is 7.53. The SMILES string of the molecule is COc1cccc(C(=O)Nc2cccc(Nc3ncnc4cc(OC)c(OC)cc34)c2)c1.Cl. The van der Waals surface area contributed by atoms with Gasteiger partial charge >= 0.3 is 0 Å². The summed E-state index contributed by atoms with van der Waals surface area (Å²) in [5.74, 6) is 2.16. The van der Waals surface area contributed by atoms with Crippen LogP contribution in [0.2, 0.25) is 0 Å². The zero-order chi connectivity index (χ0) is 22.5. The van der Waals surface area contributed by atoms with Crippen LogP contribution in [0.4, 0.5) is 17.2 Å². The van der Waals surface area contributed by atoms with Crippen LogP contribution in [0, 0.1) is 0 Å². The summed E-state index contributed by atoms with van der Waals surface area (Å²) in [4.78, 5) is 21.3. The molecule has 1 heterocycles. The van der Waals surface area contributed by atoms with Gasteiger partial charge in [0.2, 0.25) is 0 Å². The third-order valence-electron chi connectivity index (χ3n) is 4.86. The van der Waals surface area contributed by atoms with Gasteiger partial charge in [-0.1, -0.05) is 12.1 Å². The normalized spacial score (nSPS) is 10.2. The number of fused-ring (bicyclic) bond motifs is 1. The van der Waals surface area contributed by atoms with Gasteiger partial charge in [0.15, 0.2) is 11.5 Å². The molecule has 33 heavy (non-hydrogen) atoms. The Morgan fingerprint density at radius 1 is 0.818 bits per heavy atom. The van der Waals surface area contributed by atoms with Gasteiger partial charge in [0, 0.05) is 28.4 Å². The molecule has 0 radical (unpaired) electrons. The topological polar surface area (TPSA) is 94.6 Å². The predicted molar refractivity (Wildman–Crippen MR) is 131 cm³/mol. The highest BCUT2D eigenvalue weighted by molar-refractivity contribution is 6.04. The van der Waals surface area contributed by atoms with Crippen molar-refractivity contribution >= 4 is 46.4 Å². The first-order chi connectivity index (χ1) is 15.6. The number of aromatic nitrogens is 2. The largest absolute Gasteiger partial charge is 0.497 e. The monoisotopic (exact) mass is 466 g/mol.